The fraction of sp³-hybridized carbons (Fsp3) is 0.400. The quantitative estimate of drug-likeness (QED) is 0.868. The highest BCUT2D eigenvalue weighted by molar-refractivity contribution is 5.43. The Morgan fingerprint density at radius 1 is 1.00 bits per heavy atom. The average molecular weight is 345 g/mol. The van der Waals surface area contributed by atoms with Crippen LogP contribution in [0.4, 0.5) is 4.39 Å². The van der Waals surface area contributed by atoms with Crippen molar-refractivity contribution < 1.29 is 18.6 Å². The van der Waals surface area contributed by atoms with Gasteiger partial charge >= 0.3 is 0 Å². The van der Waals surface area contributed by atoms with Crippen LogP contribution in [-0.2, 0) is 16.8 Å². The van der Waals surface area contributed by atoms with E-state index in [4.69, 9.17) is 14.2 Å². The van der Waals surface area contributed by atoms with E-state index in [2.05, 4.69) is 5.32 Å². The zero-order valence-corrected chi connectivity index (χ0v) is 14.7. The highest BCUT2D eigenvalue weighted by atomic mass is 19.1. The molecule has 0 unspecified atom stereocenters. The lowest BCUT2D eigenvalue weighted by Gasteiger charge is -2.39. The first-order valence-corrected chi connectivity index (χ1v) is 8.46. The number of nitrogens with one attached hydrogen (secondary N) is 1. The van der Waals surface area contributed by atoms with Crippen molar-refractivity contribution in [2.75, 3.05) is 27.4 Å². The largest absolute Gasteiger partial charge is 0.493 e. The lowest BCUT2D eigenvalue weighted by molar-refractivity contribution is 0.0357. The van der Waals surface area contributed by atoms with Crippen LogP contribution in [0.15, 0.2) is 42.5 Å². The normalized spacial score (nSPS) is 16.4. The summed E-state index contributed by atoms with van der Waals surface area (Å²) in [5, 5.41) is 3.68. The smallest absolute Gasteiger partial charge is 0.161 e. The van der Waals surface area contributed by atoms with Gasteiger partial charge in [-0.25, -0.2) is 4.39 Å². The Bertz CT molecular complexity index is 697. The second-order valence-corrected chi connectivity index (χ2v) is 6.24. The minimum atomic E-state index is -0.217. The summed E-state index contributed by atoms with van der Waals surface area (Å²) in [6, 6.07) is 12.7. The van der Waals surface area contributed by atoms with Crippen molar-refractivity contribution in [1.82, 2.24) is 5.32 Å². The second kappa shape index (κ2) is 7.85. The first-order chi connectivity index (χ1) is 12.2. The van der Waals surface area contributed by atoms with E-state index in [0.717, 1.165) is 24.0 Å². The van der Waals surface area contributed by atoms with Crippen molar-refractivity contribution in [3.63, 3.8) is 0 Å². The Hall–Kier alpha value is -2.11. The van der Waals surface area contributed by atoms with Crippen molar-refractivity contribution in [3.05, 3.63) is 59.4 Å². The monoisotopic (exact) mass is 345 g/mol. The Morgan fingerprint density at radius 3 is 2.32 bits per heavy atom. The fourth-order valence-electron chi connectivity index (χ4n) is 3.32. The lowest BCUT2D eigenvalue weighted by Crippen LogP contribution is -2.46. The highest BCUT2D eigenvalue weighted by Gasteiger charge is 2.33. The van der Waals surface area contributed by atoms with Crippen molar-refractivity contribution in [1.29, 1.82) is 0 Å². The van der Waals surface area contributed by atoms with E-state index >= 15 is 0 Å². The Balaban J connectivity index is 1.80. The number of benzene rings is 2. The van der Waals surface area contributed by atoms with Gasteiger partial charge in [0.15, 0.2) is 11.5 Å². The number of rotatable bonds is 6. The van der Waals surface area contributed by atoms with Crippen LogP contribution in [0.1, 0.15) is 24.0 Å². The van der Waals surface area contributed by atoms with Crippen LogP contribution >= 0.6 is 0 Å². The third-order valence-electron chi connectivity index (χ3n) is 4.82. The number of halogens is 1. The molecule has 1 saturated heterocycles. The molecule has 1 aliphatic heterocycles. The first kappa shape index (κ1) is 17.7. The van der Waals surface area contributed by atoms with Crippen LogP contribution in [0.25, 0.3) is 0 Å². The van der Waals surface area contributed by atoms with E-state index in [1.807, 2.05) is 30.3 Å². The molecule has 3 rings (SSSR count). The molecule has 2 aromatic carbocycles. The third kappa shape index (κ3) is 3.94. The fourth-order valence-corrected chi connectivity index (χ4v) is 3.32. The number of methoxy groups -OCH3 is 2. The van der Waals surface area contributed by atoms with Crippen LogP contribution in [0.3, 0.4) is 0 Å². The predicted molar refractivity (Wildman–Crippen MR) is 94.5 cm³/mol. The maximum absolute atomic E-state index is 13.3. The van der Waals surface area contributed by atoms with Crippen molar-refractivity contribution in [3.8, 4) is 11.5 Å². The zero-order valence-electron chi connectivity index (χ0n) is 14.7. The summed E-state index contributed by atoms with van der Waals surface area (Å²) in [6.07, 6.45) is 1.71. The molecule has 5 heteroatoms. The van der Waals surface area contributed by atoms with Crippen molar-refractivity contribution in [2.45, 2.75) is 24.9 Å². The van der Waals surface area contributed by atoms with Gasteiger partial charge < -0.3 is 19.5 Å². The summed E-state index contributed by atoms with van der Waals surface area (Å²) in [6.45, 7) is 2.06. The van der Waals surface area contributed by atoms with Gasteiger partial charge in [0.1, 0.15) is 5.82 Å². The standard InChI is InChI=1S/C20H24FNO3/c1-23-18-8-3-15(13-19(18)24-2)14-22-20(9-11-25-12-10-20)16-4-6-17(21)7-5-16/h3-8,13,22H,9-12,14H2,1-2H3. The lowest BCUT2D eigenvalue weighted by atomic mass is 9.82. The number of hydrogen-bond acceptors (Lipinski definition) is 4. The van der Waals surface area contributed by atoms with E-state index in [1.54, 1.807) is 14.2 Å². The first-order valence-electron chi connectivity index (χ1n) is 8.46. The van der Waals surface area contributed by atoms with Crippen LogP contribution in [0.2, 0.25) is 0 Å². The van der Waals surface area contributed by atoms with Gasteiger partial charge in [0.25, 0.3) is 0 Å². The number of ether oxygens (including phenoxy) is 3. The Morgan fingerprint density at radius 2 is 1.68 bits per heavy atom. The van der Waals surface area contributed by atoms with Crippen molar-refractivity contribution >= 4 is 0 Å². The van der Waals surface area contributed by atoms with Gasteiger partial charge in [-0.15, -0.1) is 0 Å². The Kier molecular flexibility index (Phi) is 5.56. The molecule has 4 nitrogen and oxygen atoms in total. The summed E-state index contributed by atoms with van der Waals surface area (Å²) in [5.41, 5.74) is 1.99. The average Bonchev–Trinajstić information content (AvgIpc) is 2.67. The number of hydrogen-bond donors (Lipinski definition) is 1. The van der Waals surface area contributed by atoms with Gasteiger partial charge in [0.05, 0.1) is 14.2 Å². The second-order valence-electron chi connectivity index (χ2n) is 6.24. The minimum absolute atomic E-state index is 0.209. The van der Waals surface area contributed by atoms with Gasteiger partial charge in [0.2, 0.25) is 0 Å². The summed E-state index contributed by atoms with van der Waals surface area (Å²) in [4.78, 5) is 0. The van der Waals surface area contributed by atoms with E-state index < -0.39 is 0 Å². The summed E-state index contributed by atoms with van der Waals surface area (Å²) >= 11 is 0. The van der Waals surface area contributed by atoms with Crippen molar-refractivity contribution in [2.24, 2.45) is 0 Å². The molecule has 2 aromatic rings. The summed E-state index contributed by atoms with van der Waals surface area (Å²) < 4.78 is 29.5. The van der Waals surface area contributed by atoms with Gasteiger partial charge in [-0.1, -0.05) is 18.2 Å². The summed E-state index contributed by atoms with van der Waals surface area (Å²) in [5.74, 6) is 1.21. The maximum atomic E-state index is 13.3. The van der Waals surface area contributed by atoms with E-state index in [-0.39, 0.29) is 11.4 Å². The van der Waals surface area contributed by atoms with Crippen LogP contribution in [0.5, 0.6) is 11.5 Å². The molecule has 134 valence electrons. The van der Waals surface area contributed by atoms with Gasteiger partial charge in [-0.3, -0.25) is 0 Å². The van der Waals surface area contributed by atoms with Crippen LogP contribution in [-0.4, -0.2) is 27.4 Å². The molecule has 0 aromatic heterocycles. The molecule has 0 saturated carbocycles. The summed E-state index contributed by atoms with van der Waals surface area (Å²) in [7, 11) is 3.26. The van der Waals surface area contributed by atoms with E-state index in [0.29, 0.717) is 31.3 Å². The molecule has 0 spiro atoms. The van der Waals surface area contributed by atoms with E-state index in [1.165, 1.54) is 12.1 Å². The van der Waals surface area contributed by atoms with Gasteiger partial charge in [-0.2, -0.15) is 0 Å². The maximum Gasteiger partial charge on any atom is 0.161 e. The molecular formula is C20H24FNO3. The third-order valence-corrected chi connectivity index (χ3v) is 4.82. The molecule has 1 heterocycles. The van der Waals surface area contributed by atoms with Crippen LogP contribution < -0.4 is 14.8 Å². The van der Waals surface area contributed by atoms with E-state index in [9.17, 15) is 4.39 Å². The molecule has 0 amide bonds. The highest BCUT2D eigenvalue weighted by Crippen LogP contribution is 2.33. The molecule has 25 heavy (non-hydrogen) atoms. The SMILES string of the molecule is COc1ccc(CNC2(c3ccc(F)cc3)CCOCC2)cc1OC. The molecule has 0 radical (unpaired) electrons. The van der Waals surface area contributed by atoms with Crippen LogP contribution in [0, 0.1) is 5.82 Å². The van der Waals surface area contributed by atoms with Gasteiger partial charge in [0, 0.05) is 25.3 Å². The molecule has 1 fully saturated rings. The predicted octanol–water partition coefficient (Wildman–Crippen LogP) is 3.64. The topological polar surface area (TPSA) is 39.7 Å². The minimum Gasteiger partial charge on any atom is -0.493 e. The molecule has 0 bridgehead atoms. The molecule has 0 atom stereocenters. The molecule has 0 aliphatic carbocycles. The molecule has 1 aliphatic rings. The van der Waals surface area contributed by atoms with Gasteiger partial charge in [-0.05, 0) is 48.2 Å². The zero-order chi connectivity index (χ0) is 17.7. The molecule has 1 N–H and O–H groups in total. The molecular weight excluding hydrogens is 321 g/mol. The Labute approximate surface area is 147 Å².